The molecule has 3 heteroatoms. The van der Waals surface area contributed by atoms with Gasteiger partial charge >= 0.3 is 0 Å². The van der Waals surface area contributed by atoms with Crippen molar-refractivity contribution in [3.63, 3.8) is 0 Å². The summed E-state index contributed by atoms with van der Waals surface area (Å²) in [5, 5.41) is 14.5. The highest BCUT2D eigenvalue weighted by atomic mass is 16.3. The predicted molar refractivity (Wildman–Crippen MR) is 157 cm³/mol. The van der Waals surface area contributed by atoms with Gasteiger partial charge in [-0.25, -0.2) is 0 Å². The van der Waals surface area contributed by atoms with Crippen LogP contribution in [0.15, 0.2) is 79.0 Å². The minimum Gasteiger partial charge on any atom is -0.507 e. The lowest BCUT2D eigenvalue weighted by atomic mass is 9.78. The van der Waals surface area contributed by atoms with Gasteiger partial charge in [-0.3, -0.25) is 0 Å². The van der Waals surface area contributed by atoms with Crippen molar-refractivity contribution in [1.29, 1.82) is 0 Å². The highest BCUT2D eigenvalue weighted by molar-refractivity contribution is 5.64. The van der Waals surface area contributed by atoms with Gasteiger partial charge in [0.25, 0.3) is 0 Å². The van der Waals surface area contributed by atoms with E-state index < -0.39 is 0 Å². The third kappa shape index (κ3) is 6.72. The third-order valence-electron chi connectivity index (χ3n) is 6.55. The topological polar surface area (TPSA) is 35.5 Å². The second-order valence-corrected chi connectivity index (χ2v) is 12.1. The summed E-state index contributed by atoms with van der Waals surface area (Å²) in [5.41, 5.74) is 7.39. The van der Waals surface area contributed by atoms with Crippen molar-refractivity contribution in [2.45, 2.75) is 85.1 Å². The second kappa shape index (κ2) is 10.8. The van der Waals surface area contributed by atoms with Crippen LogP contribution in [0.25, 0.3) is 0 Å². The molecule has 0 saturated carbocycles. The molecule has 0 radical (unpaired) electrons. The zero-order valence-electron chi connectivity index (χ0n) is 23.4. The minimum atomic E-state index is -0.128. The van der Waals surface area contributed by atoms with Crippen LogP contribution >= 0.6 is 0 Å². The lowest BCUT2D eigenvalue weighted by Gasteiger charge is -2.32. The number of aromatic hydroxyl groups is 1. The molecule has 0 saturated heterocycles. The van der Waals surface area contributed by atoms with E-state index in [1.165, 1.54) is 5.56 Å². The number of phenolic OH excluding ortho intramolecular Hbond substituents is 1. The number of benzene rings is 3. The number of hydrogen-bond donors (Lipinski definition) is 2. The third-order valence-corrected chi connectivity index (χ3v) is 6.55. The van der Waals surface area contributed by atoms with Crippen molar-refractivity contribution in [1.82, 2.24) is 0 Å². The Morgan fingerprint density at radius 2 is 1.33 bits per heavy atom. The molecule has 0 heterocycles. The largest absolute Gasteiger partial charge is 0.507 e. The average molecular weight is 485 g/mol. The van der Waals surface area contributed by atoms with Crippen LogP contribution in [-0.2, 0) is 17.3 Å². The van der Waals surface area contributed by atoms with E-state index in [1.807, 2.05) is 18.2 Å². The maximum atomic E-state index is 11.1. The maximum absolute atomic E-state index is 11.1. The van der Waals surface area contributed by atoms with Crippen molar-refractivity contribution >= 4 is 17.1 Å². The molecule has 0 bridgehead atoms. The molecule has 0 aromatic heterocycles. The molecule has 3 nitrogen and oxygen atoms in total. The van der Waals surface area contributed by atoms with Crippen molar-refractivity contribution < 1.29 is 5.11 Å². The van der Waals surface area contributed by atoms with Gasteiger partial charge in [0.05, 0.1) is 0 Å². The van der Waals surface area contributed by atoms with E-state index in [1.54, 1.807) is 0 Å². The maximum Gasteiger partial charge on any atom is 0.123 e. The number of rotatable bonds is 8. The number of anilines is 3. The number of aryl methyl sites for hydroxylation is 1. The molecule has 3 aromatic carbocycles. The number of phenols is 1. The van der Waals surface area contributed by atoms with Crippen LogP contribution in [0.4, 0.5) is 17.1 Å². The average Bonchev–Trinajstić information content (AvgIpc) is 2.78. The molecular formula is C33H44N2O. The Labute approximate surface area is 218 Å². The van der Waals surface area contributed by atoms with Gasteiger partial charge in [-0.05, 0) is 90.6 Å². The van der Waals surface area contributed by atoms with E-state index in [9.17, 15) is 5.11 Å². The van der Waals surface area contributed by atoms with Crippen LogP contribution in [0.3, 0.4) is 0 Å². The zero-order chi connectivity index (χ0) is 26.7. The van der Waals surface area contributed by atoms with E-state index in [4.69, 9.17) is 0 Å². The van der Waals surface area contributed by atoms with Crippen molar-refractivity contribution in [2.24, 2.45) is 0 Å². The van der Waals surface area contributed by atoms with Gasteiger partial charge in [0.15, 0.2) is 0 Å². The summed E-state index contributed by atoms with van der Waals surface area (Å²) in [4.78, 5) is 2.32. The Balaban J connectivity index is 1.79. The van der Waals surface area contributed by atoms with Crippen molar-refractivity contribution in [3.05, 3.63) is 95.7 Å². The first-order valence-corrected chi connectivity index (χ1v) is 13.0. The first-order valence-electron chi connectivity index (χ1n) is 13.0. The van der Waals surface area contributed by atoms with E-state index in [0.29, 0.717) is 11.8 Å². The smallest absolute Gasteiger partial charge is 0.123 e. The van der Waals surface area contributed by atoms with Gasteiger partial charge in [-0.1, -0.05) is 78.5 Å². The number of hydrogen-bond acceptors (Lipinski definition) is 3. The molecule has 3 aromatic rings. The molecule has 36 heavy (non-hydrogen) atoms. The van der Waals surface area contributed by atoms with Gasteiger partial charge in [0, 0.05) is 28.8 Å². The van der Waals surface area contributed by atoms with E-state index in [-0.39, 0.29) is 10.8 Å². The Kier molecular flexibility index (Phi) is 8.23. The summed E-state index contributed by atoms with van der Waals surface area (Å²) in [6, 6.07) is 23.4. The number of para-hydroxylation sites is 1. The van der Waals surface area contributed by atoms with Crippen LogP contribution in [0, 0.1) is 0 Å². The Bertz CT molecular complexity index is 1130. The van der Waals surface area contributed by atoms with E-state index in [2.05, 4.69) is 121 Å². The summed E-state index contributed by atoms with van der Waals surface area (Å²) >= 11 is 0. The van der Waals surface area contributed by atoms with Crippen LogP contribution in [0.1, 0.15) is 78.5 Å². The van der Waals surface area contributed by atoms with Crippen LogP contribution in [0.2, 0.25) is 0 Å². The quantitative estimate of drug-likeness (QED) is 0.335. The van der Waals surface area contributed by atoms with Crippen molar-refractivity contribution in [3.8, 4) is 5.75 Å². The molecular weight excluding hydrogens is 440 g/mol. The van der Waals surface area contributed by atoms with E-state index >= 15 is 0 Å². The number of nitrogens with one attached hydrogen (secondary N) is 1. The second-order valence-electron chi connectivity index (χ2n) is 12.1. The summed E-state index contributed by atoms with van der Waals surface area (Å²) in [7, 11) is 0. The molecule has 0 aliphatic carbocycles. The normalized spacial score (nSPS) is 12.0. The molecule has 3 rings (SSSR count). The first kappa shape index (κ1) is 27.4. The standard InChI is InChI=1S/C33H44N2O/c1-23(2)35(28-19-17-27(18-20-28)34-26-13-11-10-12-14-26)24(3)15-16-25-21-29(32(4,5)6)31(36)30(22-25)33(7,8)9/h10-14,17-23,34,36H,3,15-16H2,1-2,4-9H3. The molecule has 0 atom stereocenters. The van der Waals surface area contributed by atoms with Gasteiger partial charge in [-0.2, -0.15) is 0 Å². The SMILES string of the molecule is C=C(CCc1cc(C(C)(C)C)c(O)c(C(C)(C)C)c1)N(c1ccc(Nc2ccccc2)cc1)C(C)C. The highest BCUT2D eigenvalue weighted by Crippen LogP contribution is 2.40. The van der Waals surface area contributed by atoms with Gasteiger partial charge in [0.2, 0.25) is 0 Å². The van der Waals surface area contributed by atoms with Gasteiger partial charge < -0.3 is 15.3 Å². The molecule has 0 unspecified atom stereocenters. The van der Waals surface area contributed by atoms with Crippen LogP contribution < -0.4 is 10.2 Å². The minimum absolute atomic E-state index is 0.128. The number of allylic oxidation sites excluding steroid dienone is 1. The molecule has 2 N–H and O–H groups in total. The van der Waals surface area contributed by atoms with E-state index in [0.717, 1.165) is 46.7 Å². The van der Waals surface area contributed by atoms with Crippen LogP contribution in [-0.4, -0.2) is 11.1 Å². The summed E-state index contributed by atoms with van der Waals surface area (Å²) in [5.74, 6) is 0.436. The summed E-state index contributed by atoms with van der Waals surface area (Å²) < 4.78 is 0. The Morgan fingerprint density at radius 3 is 1.81 bits per heavy atom. The molecule has 0 spiro atoms. The fourth-order valence-electron chi connectivity index (χ4n) is 4.63. The molecule has 0 amide bonds. The lowest BCUT2D eigenvalue weighted by Crippen LogP contribution is -2.29. The number of nitrogens with zero attached hydrogens (tertiary/aromatic N) is 1. The first-order chi connectivity index (χ1) is 16.8. The molecule has 0 aliphatic rings. The fraction of sp³-hybridized carbons (Fsp3) is 0.394. The van der Waals surface area contributed by atoms with Gasteiger partial charge in [0.1, 0.15) is 5.75 Å². The lowest BCUT2D eigenvalue weighted by molar-refractivity contribution is 0.422. The summed E-state index contributed by atoms with van der Waals surface area (Å²) in [6.45, 7) is 21.9. The van der Waals surface area contributed by atoms with Crippen molar-refractivity contribution in [2.75, 3.05) is 10.2 Å². The highest BCUT2D eigenvalue weighted by Gasteiger charge is 2.26. The molecule has 0 fully saturated rings. The Morgan fingerprint density at radius 1 is 0.833 bits per heavy atom. The zero-order valence-corrected chi connectivity index (χ0v) is 23.4. The molecule has 192 valence electrons. The van der Waals surface area contributed by atoms with Gasteiger partial charge in [-0.15, -0.1) is 0 Å². The Hall–Kier alpha value is -3.20. The monoisotopic (exact) mass is 484 g/mol. The summed E-state index contributed by atoms with van der Waals surface area (Å²) in [6.07, 6.45) is 1.72. The molecule has 0 aliphatic heterocycles. The predicted octanol–water partition coefficient (Wildman–Crippen LogP) is 9.09. The van der Waals surface area contributed by atoms with Crippen LogP contribution in [0.5, 0.6) is 5.75 Å². The fourth-order valence-corrected chi connectivity index (χ4v) is 4.63.